The van der Waals surface area contributed by atoms with Crippen molar-refractivity contribution in [3.8, 4) is 5.69 Å². The Kier molecular flexibility index (Phi) is 7.26. The van der Waals surface area contributed by atoms with Gasteiger partial charge >= 0.3 is 0 Å². The predicted octanol–water partition coefficient (Wildman–Crippen LogP) is 4.37. The minimum atomic E-state index is 0.0506. The average Bonchev–Trinajstić information content (AvgIpc) is 2.91. The Bertz CT molecular complexity index is 709. The van der Waals surface area contributed by atoms with Crippen LogP contribution in [0.5, 0.6) is 0 Å². The molecule has 0 radical (unpaired) electrons. The number of hydrogen-bond acceptors (Lipinski definition) is 5. The molecular weight excluding hydrogens is 346 g/mol. The van der Waals surface area contributed by atoms with Gasteiger partial charge in [-0.2, -0.15) is 0 Å². The number of nitrogens with zero attached hydrogens (tertiary/aromatic N) is 2. The van der Waals surface area contributed by atoms with Gasteiger partial charge in [-0.1, -0.05) is 61.1 Å². The van der Waals surface area contributed by atoms with Gasteiger partial charge in [0.05, 0.1) is 11.4 Å². The molecule has 2 rings (SSSR count). The van der Waals surface area contributed by atoms with Crippen LogP contribution in [-0.2, 0) is 4.79 Å². The number of carbonyl (C=O) groups is 1. The SMILES string of the molecule is CCCCCNC(=O)CSc1nn(-c2ccccc2C)c(=S)s1. The number of benzene rings is 1. The van der Waals surface area contributed by atoms with E-state index in [0.717, 1.165) is 41.4 Å². The lowest BCUT2D eigenvalue weighted by Gasteiger charge is -2.04. The summed E-state index contributed by atoms with van der Waals surface area (Å²) in [7, 11) is 0. The second-order valence-corrected chi connectivity index (χ2v) is 8.02. The number of carbonyl (C=O) groups excluding carboxylic acids is 1. The Morgan fingerprint density at radius 1 is 1.39 bits per heavy atom. The molecule has 23 heavy (non-hydrogen) atoms. The number of thioether (sulfide) groups is 1. The van der Waals surface area contributed by atoms with Gasteiger partial charge in [-0.05, 0) is 37.2 Å². The zero-order chi connectivity index (χ0) is 16.7. The molecule has 1 N–H and O–H groups in total. The molecule has 0 fully saturated rings. The van der Waals surface area contributed by atoms with Crippen LogP contribution in [0.3, 0.4) is 0 Å². The molecule has 0 aliphatic rings. The van der Waals surface area contributed by atoms with E-state index < -0.39 is 0 Å². The lowest BCUT2D eigenvalue weighted by atomic mass is 10.2. The van der Waals surface area contributed by atoms with Gasteiger partial charge in [-0.3, -0.25) is 4.79 Å². The molecule has 0 unspecified atom stereocenters. The van der Waals surface area contributed by atoms with Crippen molar-refractivity contribution in [3.63, 3.8) is 0 Å². The molecule has 1 aromatic heterocycles. The Hall–Kier alpha value is -1.18. The van der Waals surface area contributed by atoms with Crippen LogP contribution >= 0.6 is 35.3 Å². The van der Waals surface area contributed by atoms with Crippen LogP contribution in [0.25, 0.3) is 5.69 Å². The number of aryl methyl sites for hydroxylation is 1. The van der Waals surface area contributed by atoms with Crippen LogP contribution in [0.2, 0.25) is 0 Å². The number of rotatable bonds is 8. The average molecular weight is 368 g/mol. The summed E-state index contributed by atoms with van der Waals surface area (Å²) in [6.45, 7) is 4.93. The lowest BCUT2D eigenvalue weighted by molar-refractivity contribution is -0.118. The van der Waals surface area contributed by atoms with Gasteiger partial charge in [0, 0.05) is 6.54 Å². The normalized spacial score (nSPS) is 10.7. The number of hydrogen-bond donors (Lipinski definition) is 1. The number of aromatic nitrogens is 2. The summed E-state index contributed by atoms with van der Waals surface area (Å²) < 4.78 is 3.30. The van der Waals surface area contributed by atoms with Gasteiger partial charge in [0.25, 0.3) is 0 Å². The molecule has 0 bridgehead atoms. The van der Waals surface area contributed by atoms with E-state index in [9.17, 15) is 4.79 Å². The fourth-order valence-corrected chi connectivity index (χ4v) is 4.23. The number of para-hydroxylation sites is 1. The minimum Gasteiger partial charge on any atom is -0.355 e. The van der Waals surface area contributed by atoms with Gasteiger partial charge < -0.3 is 5.32 Å². The molecule has 1 aromatic carbocycles. The van der Waals surface area contributed by atoms with Gasteiger partial charge in [0.1, 0.15) is 0 Å². The zero-order valence-corrected chi connectivity index (χ0v) is 15.8. The van der Waals surface area contributed by atoms with Crippen molar-refractivity contribution >= 4 is 41.2 Å². The first-order valence-electron chi connectivity index (χ1n) is 7.67. The Balaban J connectivity index is 1.93. The minimum absolute atomic E-state index is 0.0506. The first kappa shape index (κ1) is 18.2. The van der Waals surface area contributed by atoms with Crippen molar-refractivity contribution < 1.29 is 4.79 Å². The fourth-order valence-electron chi connectivity index (χ4n) is 2.05. The summed E-state index contributed by atoms with van der Waals surface area (Å²) in [4.78, 5) is 11.8. The zero-order valence-electron chi connectivity index (χ0n) is 13.4. The van der Waals surface area contributed by atoms with E-state index in [1.54, 1.807) is 4.68 Å². The quantitative estimate of drug-likeness (QED) is 0.427. The van der Waals surface area contributed by atoms with Crippen molar-refractivity contribution in [1.82, 2.24) is 15.1 Å². The number of nitrogens with one attached hydrogen (secondary N) is 1. The molecule has 0 aliphatic heterocycles. The summed E-state index contributed by atoms with van der Waals surface area (Å²) in [5.74, 6) is 0.428. The van der Waals surface area contributed by atoms with Gasteiger partial charge in [-0.25, -0.2) is 4.68 Å². The number of amides is 1. The van der Waals surface area contributed by atoms with E-state index in [1.807, 2.05) is 31.2 Å². The van der Waals surface area contributed by atoms with Crippen LogP contribution < -0.4 is 5.32 Å². The van der Waals surface area contributed by atoms with Crippen molar-refractivity contribution in [3.05, 3.63) is 33.8 Å². The second kappa shape index (κ2) is 9.20. The maximum absolute atomic E-state index is 11.8. The molecule has 4 nitrogen and oxygen atoms in total. The maximum atomic E-state index is 11.8. The van der Waals surface area contributed by atoms with Crippen LogP contribution in [0.4, 0.5) is 0 Å². The molecule has 0 saturated heterocycles. The second-order valence-electron chi connectivity index (χ2n) is 5.18. The highest BCUT2D eigenvalue weighted by atomic mass is 32.2. The van der Waals surface area contributed by atoms with E-state index in [4.69, 9.17) is 12.2 Å². The van der Waals surface area contributed by atoms with Crippen molar-refractivity contribution in [2.75, 3.05) is 12.3 Å². The first-order chi connectivity index (χ1) is 11.1. The standard InChI is InChI=1S/C16H21N3OS3/c1-3-4-7-10-17-14(20)11-22-15-18-19(16(21)23-15)13-9-6-5-8-12(13)2/h5-6,8-9H,3-4,7,10-11H2,1-2H3,(H,17,20). The molecule has 0 aliphatic carbocycles. The molecule has 0 saturated carbocycles. The summed E-state index contributed by atoms with van der Waals surface area (Å²) in [5, 5.41) is 7.47. The molecule has 1 amide bonds. The topological polar surface area (TPSA) is 46.9 Å². The van der Waals surface area contributed by atoms with E-state index in [2.05, 4.69) is 17.3 Å². The van der Waals surface area contributed by atoms with Gasteiger partial charge in [0.2, 0.25) is 5.91 Å². The third-order valence-corrected chi connectivity index (χ3v) is 5.67. The Morgan fingerprint density at radius 2 is 2.17 bits per heavy atom. The molecule has 0 spiro atoms. The molecule has 7 heteroatoms. The largest absolute Gasteiger partial charge is 0.355 e. The third kappa shape index (κ3) is 5.44. The van der Waals surface area contributed by atoms with Crippen molar-refractivity contribution in [1.29, 1.82) is 0 Å². The molecule has 0 atom stereocenters. The Labute approximate surface area is 150 Å². The lowest BCUT2D eigenvalue weighted by Crippen LogP contribution is -2.26. The highest BCUT2D eigenvalue weighted by Gasteiger charge is 2.10. The summed E-state index contributed by atoms with van der Waals surface area (Å²) in [6.07, 6.45) is 3.34. The summed E-state index contributed by atoms with van der Waals surface area (Å²) in [5.41, 5.74) is 2.11. The van der Waals surface area contributed by atoms with Gasteiger partial charge in [0.15, 0.2) is 8.29 Å². The fraction of sp³-hybridized carbons (Fsp3) is 0.438. The van der Waals surface area contributed by atoms with E-state index in [-0.39, 0.29) is 5.91 Å². The molecular formula is C16H21N3OS3. The van der Waals surface area contributed by atoms with E-state index >= 15 is 0 Å². The monoisotopic (exact) mass is 367 g/mol. The molecule has 1 heterocycles. The first-order valence-corrected chi connectivity index (χ1v) is 9.88. The number of unbranched alkanes of at least 4 members (excludes halogenated alkanes) is 2. The Morgan fingerprint density at radius 3 is 2.91 bits per heavy atom. The summed E-state index contributed by atoms with van der Waals surface area (Å²) >= 11 is 8.28. The molecule has 124 valence electrons. The van der Waals surface area contributed by atoms with Crippen molar-refractivity contribution in [2.45, 2.75) is 37.4 Å². The smallest absolute Gasteiger partial charge is 0.230 e. The summed E-state index contributed by atoms with van der Waals surface area (Å²) in [6, 6.07) is 8.00. The highest BCUT2D eigenvalue weighted by molar-refractivity contribution is 8.01. The predicted molar refractivity (Wildman–Crippen MR) is 100 cm³/mol. The van der Waals surface area contributed by atoms with Crippen LogP contribution in [-0.4, -0.2) is 28.0 Å². The van der Waals surface area contributed by atoms with Crippen LogP contribution in [0.15, 0.2) is 28.6 Å². The molecule has 2 aromatic rings. The van der Waals surface area contributed by atoms with Crippen molar-refractivity contribution in [2.24, 2.45) is 0 Å². The van der Waals surface area contributed by atoms with Gasteiger partial charge in [-0.15, -0.1) is 5.10 Å². The third-order valence-electron chi connectivity index (χ3n) is 3.30. The highest BCUT2D eigenvalue weighted by Crippen LogP contribution is 2.24. The maximum Gasteiger partial charge on any atom is 0.230 e. The van der Waals surface area contributed by atoms with Crippen LogP contribution in [0.1, 0.15) is 31.7 Å². The van der Waals surface area contributed by atoms with E-state index in [0.29, 0.717) is 9.71 Å². The van der Waals surface area contributed by atoms with E-state index in [1.165, 1.54) is 23.1 Å². The van der Waals surface area contributed by atoms with Crippen LogP contribution in [0, 0.1) is 10.9 Å².